The van der Waals surface area contributed by atoms with Gasteiger partial charge in [0.1, 0.15) is 17.1 Å². The van der Waals surface area contributed by atoms with Gasteiger partial charge in [0.15, 0.2) is 6.10 Å². The number of carboxylic acids is 1. The van der Waals surface area contributed by atoms with E-state index < -0.39 is 29.3 Å². The molecule has 1 aliphatic heterocycles. The Morgan fingerprint density at radius 1 is 1.43 bits per heavy atom. The maximum absolute atomic E-state index is 13.0. The van der Waals surface area contributed by atoms with Gasteiger partial charge in [-0.25, -0.2) is 9.18 Å². The third-order valence-electron chi connectivity index (χ3n) is 3.69. The Hall–Kier alpha value is -1.47. The number of benzene rings is 1. The summed E-state index contributed by atoms with van der Waals surface area (Å²) in [5.74, 6) is -0.585. The van der Waals surface area contributed by atoms with Gasteiger partial charge in [0.25, 0.3) is 5.91 Å². The number of rotatable bonds is 5. The standard InChI is InChI=1S/C15H17ClFNO4S/c1-9(22-12-3-2-10(17)8-11(12)16)13(19)18-15(14(20)21)4-6-23-7-5-15/h2-3,8-9H,4-7H2,1H3,(H,18,19)(H,20,21). The number of amides is 1. The molecule has 1 saturated heterocycles. The van der Waals surface area contributed by atoms with E-state index in [1.165, 1.54) is 19.1 Å². The average molecular weight is 362 g/mol. The topological polar surface area (TPSA) is 75.6 Å². The van der Waals surface area contributed by atoms with E-state index in [1.54, 1.807) is 11.8 Å². The zero-order chi connectivity index (χ0) is 17.0. The van der Waals surface area contributed by atoms with Crippen molar-refractivity contribution < 1.29 is 23.8 Å². The monoisotopic (exact) mass is 361 g/mol. The maximum atomic E-state index is 13.0. The summed E-state index contributed by atoms with van der Waals surface area (Å²) >= 11 is 7.51. The third-order valence-corrected chi connectivity index (χ3v) is 4.97. The number of nitrogens with one attached hydrogen (secondary N) is 1. The van der Waals surface area contributed by atoms with E-state index in [1.807, 2.05) is 0 Å². The van der Waals surface area contributed by atoms with E-state index >= 15 is 0 Å². The highest BCUT2D eigenvalue weighted by Crippen LogP contribution is 2.29. The zero-order valence-electron chi connectivity index (χ0n) is 12.5. The van der Waals surface area contributed by atoms with Crippen LogP contribution in [0.3, 0.4) is 0 Å². The van der Waals surface area contributed by atoms with E-state index in [2.05, 4.69) is 5.32 Å². The van der Waals surface area contributed by atoms with Crippen LogP contribution in [0.5, 0.6) is 5.75 Å². The van der Waals surface area contributed by atoms with Crippen LogP contribution in [0, 0.1) is 5.82 Å². The molecule has 0 aliphatic carbocycles. The van der Waals surface area contributed by atoms with Crippen molar-refractivity contribution in [1.82, 2.24) is 5.32 Å². The molecular formula is C15H17ClFNO4S. The predicted molar refractivity (Wildman–Crippen MR) is 86.6 cm³/mol. The molecule has 1 heterocycles. The number of ether oxygens (including phenoxy) is 1. The lowest BCUT2D eigenvalue weighted by molar-refractivity contribution is -0.149. The van der Waals surface area contributed by atoms with Crippen LogP contribution in [0.4, 0.5) is 4.39 Å². The Labute approximate surface area is 142 Å². The molecule has 0 saturated carbocycles. The number of carbonyl (C=O) groups is 2. The highest BCUT2D eigenvalue weighted by Gasteiger charge is 2.42. The molecule has 0 spiro atoms. The second-order valence-corrected chi connectivity index (χ2v) is 6.96. The zero-order valence-corrected chi connectivity index (χ0v) is 14.0. The lowest BCUT2D eigenvalue weighted by Gasteiger charge is -2.34. The summed E-state index contributed by atoms with van der Waals surface area (Å²) in [6.07, 6.45) is -0.227. The van der Waals surface area contributed by atoms with Crippen LogP contribution < -0.4 is 10.1 Å². The minimum Gasteiger partial charge on any atom is -0.480 e. The van der Waals surface area contributed by atoms with Crippen molar-refractivity contribution in [1.29, 1.82) is 0 Å². The number of thioether (sulfide) groups is 1. The van der Waals surface area contributed by atoms with Gasteiger partial charge in [-0.05, 0) is 49.5 Å². The van der Waals surface area contributed by atoms with Crippen LogP contribution in [0.1, 0.15) is 19.8 Å². The van der Waals surface area contributed by atoms with Gasteiger partial charge in [-0.15, -0.1) is 0 Å². The number of halogens is 2. The van der Waals surface area contributed by atoms with Crippen LogP contribution in [-0.2, 0) is 9.59 Å². The van der Waals surface area contributed by atoms with Gasteiger partial charge < -0.3 is 15.2 Å². The summed E-state index contributed by atoms with van der Waals surface area (Å²) in [5, 5.41) is 12.1. The van der Waals surface area contributed by atoms with Gasteiger partial charge in [-0.3, -0.25) is 4.79 Å². The van der Waals surface area contributed by atoms with Crippen molar-refractivity contribution in [2.75, 3.05) is 11.5 Å². The number of aliphatic carboxylic acids is 1. The smallest absolute Gasteiger partial charge is 0.329 e. The molecule has 8 heteroatoms. The molecule has 1 aliphatic rings. The minimum atomic E-state index is -1.26. The van der Waals surface area contributed by atoms with Crippen molar-refractivity contribution >= 4 is 35.2 Å². The molecule has 1 unspecified atom stereocenters. The molecule has 23 heavy (non-hydrogen) atoms. The summed E-state index contributed by atoms with van der Waals surface area (Å²) in [6.45, 7) is 1.49. The van der Waals surface area contributed by atoms with Crippen LogP contribution in [0.25, 0.3) is 0 Å². The predicted octanol–water partition coefficient (Wildman–Crippen LogP) is 2.71. The molecule has 0 bridgehead atoms. The summed E-state index contributed by atoms with van der Waals surface area (Å²) in [4.78, 5) is 23.8. The van der Waals surface area contributed by atoms with E-state index in [0.717, 1.165) is 6.07 Å². The van der Waals surface area contributed by atoms with Crippen molar-refractivity contribution in [2.24, 2.45) is 0 Å². The van der Waals surface area contributed by atoms with Gasteiger partial charge in [0.2, 0.25) is 0 Å². The van der Waals surface area contributed by atoms with Gasteiger partial charge in [0.05, 0.1) is 5.02 Å². The average Bonchev–Trinajstić information content (AvgIpc) is 2.50. The lowest BCUT2D eigenvalue weighted by atomic mass is 9.92. The molecule has 2 N–H and O–H groups in total. The number of carboxylic acid groups (broad SMARTS) is 1. The highest BCUT2D eigenvalue weighted by molar-refractivity contribution is 7.99. The third kappa shape index (κ3) is 4.29. The Bertz CT molecular complexity index is 607. The second kappa shape index (κ2) is 7.40. The summed E-state index contributed by atoms with van der Waals surface area (Å²) < 4.78 is 18.4. The van der Waals surface area contributed by atoms with Crippen molar-refractivity contribution in [3.63, 3.8) is 0 Å². The van der Waals surface area contributed by atoms with Gasteiger partial charge in [-0.2, -0.15) is 11.8 Å². The van der Waals surface area contributed by atoms with Gasteiger partial charge in [0, 0.05) is 0 Å². The fraction of sp³-hybridized carbons (Fsp3) is 0.467. The second-order valence-electron chi connectivity index (χ2n) is 5.32. The molecule has 126 valence electrons. The van der Waals surface area contributed by atoms with Gasteiger partial charge in [-0.1, -0.05) is 11.6 Å². The Morgan fingerprint density at radius 3 is 2.65 bits per heavy atom. The number of hydrogen-bond donors (Lipinski definition) is 2. The molecule has 1 amide bonds. The summed E-state index contributed by atoms with van der Waals surface area (Å²) in [6, 6.07) is 3.58. The highest BCUT2D eigenvalue weighted by atomic mass is 35.5. The molecule has 0 radical (unpaired) electrons. The Balaban J connectivity index is 2.05. The normalized spacial score (nSPS) is 18.0. The molecule has 1 fully saturated rings. The number of hydrogen-bond acceptors (Lipinski definition) is 4. The minimum absolute atomic E-state index is 0.0478. The van der Waals surface area contributed by atoms with E-state index in [-0.39, 0.29) is 10.8 Å². The van der Waals surface area contributed by atoms with Crippen LogP contribution in [-0.4, -0.2) is 40.1 Å². The van der Waals surface area contributed by atoms with E-state index in [0.29, 0.717) is 24.3 Å². The fourth-order valence-corrected chi connectivity index (χ4v) is 3.67. The van der Waals surface area contributed by atoms with Crippen LogP contribution in [0.15, 0.2) is 18.2 Å². The largest absolute Gasteiger partial charge is 0.480 e. The SMILES string of the molecule is CC(Oc1ccc(F)cc1Cl)C(=O)NC1(C(=O)O)CCSCC1. The molecule has 1 aromatic carbocycles. The summed E-state index contributed by atoms with van der Waals surface area (Å²) in [5.41, 5.74) is -1.26. The molecule has 0 aromatic heterocycles. The summed E-state index contributed by atoms with van der Waals surface area (Å²) in [7, 11) is 0. The molecular weight excluding hydrogens is 345 g/mol. The lowest BCUT2D eigenvalue weighted by Crippen LogP contribution is -2.58. The van der Waals surface area contributed by atoms with Crippen molar-refractivity contribution in [3.05, 3.63) is 29.0 Å². The number of carbonyl (C=O) groups excluding carboxylic acids is 1. The quantitative estimate of drug-likeness (QED) is 0.843. The fourth-order valence-electron chi connectivity index (χ4n) is 2.26. The maximum Gasteiger partial charge on any atom is 0.329 e. The Morgan fingerprint density at radius 2 is 2.09 bits per heavy atom. The van der Waals surface area contributed by atoms with Crippen molar-refractivity contribution in [3.8, 4) is 5.75 Å². The van der Waals surface area contributed by atoms with E-state index in [9.17, 15) is 19.1 Å². The first-order valence-corrected chi connectivity index (χ1v) is 8.62. The van der Waals surface area contributed by atoms with Crippen LogP contribution >= 0.6 is 23.4 Å². The van der Waals surface area contributed by atoms with Crippen molar-refractivity contribution in [2.45, 2.75) is 31.4 Å². The Kier molecular flexibility index (Phi) is 5.75. The first-order valence-electron chi connectivity index (χ1n) is 7.09. The first kappa shape index (κ1) is 17.9. The molecule has 1 atom stereocenters. The molecule has 1 aromatic rings. The molecule has 2 rings (SSSR count). The first-order chi connectivity index (χ1) is 10.8. The van der Waals surface area contributed by atoms with Crippen LogP contribution in [0.2, 0.25) is 5.02 Å². The molecule has 5 nitrogen and oxygen atoms in total. The van der Waals surface area contributed by atoms with E-state index in [4.69, 9.17) is 16.3 Å². The van der Waals surface area contributed by atoms with Gasteiger partial charge >= 0.3 is 5.97 Å².